The Morgan fingerprint density at radius 3 is 3.08 bits per heavy atom. The van der Waals surface area contributed by atoms with E-state index in [0.717, 1.165) is 11.4 Å². The topological polar surface area (TPSA) is 42.0 Å². The molecule has 3 nitrogen and oxygen atoms in total. The molecule has 0 fully saturated rings. The highest BCUT2D eigenvalue weighted by Crippen LogP contribution is 2.14. The first-order chi connectivity index (χ1) is 6.22. The van der Waals surface area contributed by atoms with Gasteiger partial charge >= 0.3 is 0 Å². The van der Waals surface area contributed by atoms with Crippen LogP contribution >= 0.6 is 23.1 Å². The van der Waals surface area contributed by atoms with E-state index < -0.39 is 0 Å². The van der Waals surface area contributed by atoms with Gasteiger partial charge in [0.2, 0.25) is 5.91 Å². The number of carbonyl (C=O) groups is 1. The van der Waals surface area contributed by atoms with Gasteiger partial charge in [-0.15, -0.1) is 11.3 Å². The summed E-state index contributed by atoms with van der Waals surface area (Å²) >= 11 is 3.13. The molecule has 0 saturated carbocycles. The number of anilines is 1. The number of thioether (sulfide) groups is 1. The SMILES string of the molecule is CSCCC(=O)Nc1nc(C)cs1. The van der Waals surface area contributed by atoms with E-state index in [1.165, 1.54) is 11.3 Å². The van der Waals surface area contributed by atoms with E-state index in [0.29, 0.717) is 11.6 Å². The molecule has 1 amide bonds. The Balaban J connectivity index is 2.36. The van der Waals surface area contributed by atoms with Crippen LogP contribution in [-0.4, -0.2) is 22.9 Å². The van der Waals surface area contributed by atoms with Crippen molar-refractivity contribution in [2.45, 2.75) is 13.3 Å². The molecule has 13 heavy (non-hydrogen) atoms. The molecule has 0 bridgehead atoms. The van der Waals surface area contributed by atoms with Crippen molar-refractivity contribution in [3.63, 3.8) is 0 Å². The molecule has 1 aromatic rings. The van der Waals surface area contributed by atoms with Crippen molar-refractivity contribution in [3.8, 4) is 0 Å². The Morgan fingerprint density at radius 1 is 1.77 bits per heavy atom. The molecule has 1 heterocycles. The standard InChI is InChI=1S/C8H12N2OS2/c1-6-5-13-8(9-6)10-7(11)3-4-12-2/h5H,3-4H2,1-2H3,(H,9,10,11). The number of nitrogens with one attached hydrogen (secondary N) is 1. The summed E-state index contributed by atoms with van der Waals surface area (Å²) in [5.41, 5.74) is 0.949. The van der Waals surface area contributed by atoms with Gasteiger partial charge in [0.15, 0.2) is 5.13 Å². The molecule has 0 radical (unpaired) electrons. The summed E-state index contributed by atoms with van der Waals surface area (Å²) in [5.74, 6) is 0.902. The van der Waals surface area contributed by atoms with Crippen LogP contribution in [-0.2, 0) is 4.79 Å². The van der Waals surface area contributed by atoms with Crippen LogP contribution in [0.25, 0.3) is 0 Å². The summed E-state index contributed by atoms with van der Waals surface area (Å²) < 4.78 is 0. The van der Waals surface area contributed by atoms with Gasteiger partial charge in [-0.25, -0.2) is 4.98 Å². The molecule has 0 spiro atoms. The van der Waals surface area contributed by atoms with E-state index in [4.69, 9.17) is 0 Å². The Hall–Kier alpha value is -0.550. The molecule has 1 rings (SSSR count). The maximum Gasteiger partial charge on any atom is 0.226 e. The van der Waals surface area contributed by atoms with Crippen LogP contribution in [0.4, 0.5) is 5.13 Å². The van der Waals surface area contributed by atoms with E-state index >= 15 is 0 Å². The second-order valence-electron chi connectivity index (χ2n) is 2.59. The molecule has 0 aliphatic rings. The number of aryl methyl sites for hydroxylation is 1. The van der Waals surface area contributed by atoms with Gasteiger partial charge in [0.25, 0.3) is 0 Å². The number of amides is 1. The minimum absolute atomic E-state index is 0.0451. The molecule has 1 aromatic heterocycles. The molecule has 72 valence electrons. The molecule has 0 atom stereocenters. The van der Waals surface area contributed by atoms with Crippen LogP contribution in [0.2, 0.25) is 0 Å². The van der Waals surface area contributed by atoms with E-state index in [9.17, 15) is 4.79 Å². The third-order valence-electron chi connectivity index (χ3n) is 1.40. The third-order valence-corrected chi connectivity index (χ3v) is 2.89. The van der Waals surface area contributed by atoms with Crippen molar-refractivity contribution < 1.29 is 4.79 Å². The predicted molar refractivity (Wildman–Crippen MR) is 58.5 cm³/mol. The molecule has 0 aliphatic heterocycles. The largest absolute Gasteiger partial charge is 0.302 e. The smallest absolute Gasteiger partial charge is 0.226 e. The first-order valence-corrected chi connectivity index (χ1v) is 6.20. The average Bonchev–Trinajstić information content (AvgIpc) is 2.48. The summed E-state index contributed by atoms with van der Waals surface area (Å²) in [4.78, 5) is 15.4. The molecule has 0 aliphatic carbocycles. The quantitative estimate of drug-likeness (QED) is 0.838. The van der Waals surface area contributed by atoms with E-state index in [1.54, 1.807) is 11.8 Å². The predicted octanol–water partition coefficient (Wildman–Crippen LogP) is 2.14. The lowest BCUT2D eigenvalue weighted by Gasteiger charge is -1.98. The molecule has 0 saturated heterocycles. The van der Waals surface area contributed by atoms with Gasteiger partial charge in [0.05, 0.1) is 5.69 Å². The fourth-order valence-corrected chi connectivity index (χ4v) is 1.88. The first-order valence-electron chi connectivity index (χ1n) is 3.93. The number of rotatable bonds is 4. The van der Waals surface area contributed by atoms with Crippen LogP contribution in [0.1, 0.15) is 12.1 Å². The van der Waals surface area contributed by atoms with Crippen molar-refractivity contribution in [2.75, 3.05) is 17.3 Å². The van der Waals surface area contributed by atoms with E-state index in [-0.39, 0.29) is 5.91 Å². The van der Waals surface area contributed by atoms with Crippen molar-refractivity contribution >= 4 is 34.1 Å². The lowest BCUT2D eigenvalue weighted by atomic mass is 10.4. The second kappa shape index (κ2) is 5.24. The number of nitrogens with zero attached hydrogens (tertiary/aromatic N) is 1. The number of hydrogen-bond acceptors (Lipinski definition) is 4. The van der Waals surface area contributed by atoms with Crippen LogP contribution in [0.15, 0.2) is 5.38 Å². The van der Waals surface area contributed by atoms with Crippen LogP contribution < -0.4 is 5.32 Å². The normalized spacial score (nSPS) is 10.0. The Kier molecular flexibility index (Phi) is 4.24. The Labute approximate surface area is 86.0 Å². The summed E-state index contributed by atoms with van der Waals surface area (Å²) in [6.45, 7) is 1.91. The zero-order valence-electron chi connectivity index (χ0n) is 7.66. The van der Waals surface area contributed by atoms with Crippen molar-refractivity contribution in [1.82, 2.24) is 4.98 Å². The second-order valence-corrected chi connectivity index (χ2v) is 4.43. The molecule has 5 heteroatoms. The minimum atomic E-state index is 0.0451. The van der Waals surface area contributed by atoms with Gasteiger partial charge in [-0.1, -0.05) is 0 Å². The first kappa shape index (κ1) is 10.5. The number of carbonyl (C=O) groups excluding carboxylic acids is 1. The monoisotopic (exact) mass is 216 g/mol. The molecular formula is C8H12N2OS2. The fraction of sp³-hybridized carbons (Fsp3) is 0.500. The van der Waals surface area contributed by atoms with Gasteiger partial charge in [-0.05, 0) is 13.2 Å². The Bertz CT molecular complexity index is 285. The molecular weight excluding hydrogens is 204 g/mol. The van der Waals surface area contributed by atoms with Gasteiger partial charge in [-0.3, -0.25) is 4.79 Å². The number of aromatic nitrogens is 1. The lowest BCUT2D eigenvalue weighted by Crippen LogP contribution is -2.11. The highest BCUT2D eigenvalue weighted by atomic mass is 32.2. The fourth-order valence-electron chi connectivity index (χ4n) is 0.788. The van der Waals surface area contributed by atoms with Crippen molar-refractivity contribution in [3.05, 3.63) is 11.1 Å². The molecule has 0 unspecified atom stereocenters. The molecule has 1 N–H and O–H groups in total. The summed E-state index contributed by atoms with van der Waals surface area (Å²) in [6, 6.07) is 0. The van der Waals surface area contributed by atoms with Crippen LogP contribution in [0.5, 0.6) is 0 Å². The van der Waals surface area contributed by atoms with Crippen LogP contribution in [0, 0.1) is 6.92 Å². The average molecular weight is 216 g/mol. The highest BCUT2D eigenvalue weighted by Gasteiger charge is 2.03. The third kappa shape index (κ3) is 3.78. The lowest BCUT2D eigenvalue weighted by molar-refractivity contribution is -0.115. The summed E-state index contributed by atoms with van der Waals surface area (Å²) in [5, 5.41) is 5.37. The van der Waals surface area contributed by atoms with Gasteiger partial charge < -0.3 is 5.32 Å². The van der Waals surface area contributed by atoms with E-state index in [1.807, 2.05) is 18.6 Å². The number of hydrogen-bond donors (Lipinski definition) is 1. The Morgan fingerprint density at radius 2 is 2.54 bits per heavy atom. The van der Waals surface area contributed by atoms with Crippen molar-refractivity contribution in [2.24, 2.45) is 0 Å². The maximum absolute atomic E-state index is 11.2. The highest BCUT2D eigenvalue weighted by molar-refractivity contribution is 7.98. The maximum atomic E-state index is 11.2. The summed E-state index contributed by atoms with van der Waals surface area (Å²) in [6.07, 6.45) is 2.54. The zero-order valence-corrected chi connectivity index (χ0v) is 9.30. The molecule has 0 aromatic carbocycles. The zero-order chi connectivity index (χ0) is 9.68. The van der Waals surface area contributed by atoms with Gasteiger partial charge in [-0.2, -0.15) is 11.8 Å². The van der Waals surface area contributed by atoms with Crippen molar-refractivity contribution in [1.29, 1.82) is 0 Å². The summed E-state index contributed by atoms with van der Waals surface area (Å²) in [7, 11) is 0. The number of thiazole rings is 1. The minimum Gasteiger partial charge on any atom is -0.302 e. The van der Waals surface area contributed by atoms with Gasteiger partial charge in [0, 0.05) is 17.6 Å². The van der Waals surface area contributed by atoms with Crippen LogP contribution in [0.3, 0.4) is 0 Å². The van der Waals surface area contributed by atoms with Gasteiger partial charge in [0.1, 0.15) is 0 Å². The van der Waals surface area contributed by atoms with E-state index in [2.05, 4.69) is 10.3 Å².